The molecule has 1 aromatic heterocycles. The molecular formula is C20H22N2O5S. The second-order valence-corrected chi connectivity index (χ2v) is 8.04. The molecule has 1 saturated heterocycles. The zero-order valence-electron chi connectivity index (χ0n) is 15.9. The van der Waals surface area contributed by atoms with E-state index in [0.717, 1.165) is 10.4 Å². The van der Waals surface area contributed by atoms with Crippen LogP contribution in [0.1, 0.15) is 42.7 Å². The number of rotatable bonds is 5. The summed E-state index contributed by atoms with van der Waals surface area (Å²) in [6, 6.07) is 9.37. The molecule has 0 aliphatic carbocycles. The number of benzene rings is 1. The van der Waals surface area contributed by atoms with Crippen LogP contribution in [0, 0.1) is 16.0 Å². The second-order valence-electron chi connectivity index (χ2n) is 7.06. The highest BCUT2D eigenvalue weighted by Crippen LogP contribution is 2.47. The zero-order valence-corrected chi connectivity index (χ0v) is 16.7. The fraction of sp³-hybridized carbons (Fsp3) is 0.400. The first-order chi connectivity index (χ1) is 13.3. The van der Waals surface area contributed by atoms with Gasteiger partial charge in [-0.2, -0.15) is 0 Å². The summed E-state index contributed by atoms with van der Waals surface area (Å²) in [6.45, 7) is 3.86. The van der Waals surface area contributed by atoms with Crippen LogP contribution in [-0.2, 0) is 14.3 Å². The third-order valence-electron chi connectivity index (χ3n) is 5.15. The van der Waals surface area contributed by atoms with Crippen LogP contribution in [0.2, 0.25) is 0 Å². The average Bonchev–Trinajstić information content (AvgIpc) is 3.20. The fourth-order valence-electron chi connectivity index (χ4n) is 3.95. The van der Waals surface area contributed by atoms with Gasteiger partial charge in [0.05, 0.1) is 24.0 Å². The van der Waals surface area contributed by atoms with Gasteiger partial charge in [0.2, 0.25) is 5.91 Å². The van der Waals surface area contributed by atoms with Gasteiger partial charge in [-0.05, 0) is 30.9 Å². The third kappa shape index (κ3) is 3.64. The Kier molecular flexibility index (Phi) is 5.79. The van der Waals surface area contributed by atoms with Crippen LogP contribution in [0.15, 0.2) is 41.8 Å². The van der Waals surface area contributed by atoms with Gasteiger partial charge < -0.3 is 9.64 Å². The molecule has 0 saturated carbocycles. The van der Waals surface area contributed by atoms with E-state index < -0.39 is 22.8 Å². The van der Waals surface area contributed by atoms with Crippen LogP contribution in [0.4, 0.5) is 5.69 Å². The maximum absolute atomic E-state index is 13.0. The minimum Gasteiger partial charge on any atom is -0.469 e. The van der Waals surface area contributed by atoms with Gasteiger partial charge in [0.15, 0.2) is 0 Å². The summed E-state index contributed by atoms with van der Waals surface area (Å²) in [4.78, 5) is 39.0. The Hall–Kier alpha value is -2.74. The molecule has 2 aromatic rings. The van der Waals surface area contributed by atoms with E-state index in [1.54, 1.807) is 17.0 Å². The van der Waals surface area contributed by atoms with E-state index in [1.165, 1.54) is 30.6 Å². The largest absolute Gasteiger partial charge is 0.469 e. The molecular weight excluding hydrogens is 380 g/mol. The van der Waals surface area contributed by atoms with Crippen molar-refractivity contribution in [3.8, 4) is 0 Å². The highest BCUT2D eigenvalue weighted by atomic mass is 32.1. The van der Waals surface area contributed by atoms with Crippen molar-refractivity contribution in [2.24, 2.45) is 5.92 Å². The Bertz CT molecular complexity index is 863. The van der Waals surface area contributed by atoms with Crippen LogP contribution in [0.5, 0.6) is 0 Å². The zero-order chi connectivity index (χ0) is 20.4. The Labute approximate surface area is 167 Å². The molecule has 0 unspecified atom stereocenters. The lowest BCUT2D eigenvalue weighted by Crippen LogP contribution is -2.51. The summed E-state index contributed by atoms with van der Waals surface area (Å²) < 4.78 is 5.11. The summed E-state index contributed by atoms with van der Waals surface area (Å²) >= 11 is 1.50. The number of nitro benzene ring substituents is 1. The van der Waals surface area contributed by atoms with Crippen LogP contribution in [0.3, 0.4) is 0 Å². The molecule has 3 atom stereocenters. The molecule has 0 radical (unpaired) electrons. The molecule has 1 fully saturated rings. The molecule has 2 heterocycles. The highest BCUT2D eigenvalue weighted by Gasteiger charge is 2.48. The smallest absolute Gasteiger partial charge is 0.311 e. The van der Waals surface area contributed by atoms with Crippen molar-refractivity contribution in [1.29, 1.82) is 0 Å². The number of hydrogen-bond donors (Lipinski definition) is 0. The average molecular weight is 402 g/mol. The van der Waals surface area contributed by atoms with Gasteiger partial charge in [0.1, 0.15) is 0 Å². The number of non-ortho nitro benzene ring substituents is 1. The monoisotopic (exact) mass is 402 g/mol. The number of carbonyl (C=O) groups is 2. The van der Waals surface area contributed by atoms with E-state index >= 15 is 0 Å². The van der Waals surface area contributed by atoms with Crippen molar-refractivity contribution < 1.29 is 19.2 Å². The number of piperidine rings is 1. The lowest BCUT2D eigenvalue weighted by molar-refractivity contribution is -0.384. The van der Waals surface area contributed by atoms with Crippen LogP contribution in [-0.4, -0.2) is 34.9 Å². The summed E-state index contributed by atoms with van der Waals surface area (Å²) in [6.07, 6.45) is 0.150. The predicted octanol–water partition coefficient (Wildman–Crippen LogP) is 3.91. The first-order valence-corrected chi connectivity index (χ1v) is 9.89. The Balaban J connectivity index is 2.10. The van der Waals surface area contributed by atoms with Crippen molar-refractivity contribution in [3.63, 3.8) is 0 Å². The van der Waals surface area contributed by atoms with E-state index in [0.29, 0.717) is 0 Å². The number of likely N-dealkylation sites (tertiary alicyclic amines) is 1. The first kappa shape index (κ1) is 20.0. The van der Waals surface area contributed by atoms with E-state index in [9.17, 15) is 19.7 Å². The lowest BCUT2D eigenvalue weighted by Gasteiger charge is -2.45. The Morgan fingerprint density at radius 1 is 1.29 bits per heavy atom. The maximum Gasteiger partial charge on any atom is 0.311 e. The third-order valence-corrected chi connectivity index (χ3v) is 6.10. The minimum atomic E-state index is -0.592. The number of nitrogens with zero attached hydrogens (tertiary/aromatic N) is 2. The van der Waals surface area contributed by atoms with Crippen molar-refractivity contribution in [1.82, 2.24) is 4.90 Å². The van der Waals surface area contributed by atoms with Gasteiger partial charge in [-0.1, -0.05) is 18.2 Å². The second kappa shape index (κ2) is 8.10. The first-order valence-electron chi connectivity index (χ1n) is 9.02. The number of ether oxygens (including phenoxy) is 1. The number of amides is 1. The lowest BCUT2D eigenvalue weighted by atomic mass is 9.74. The van der Waals surface area contributed by atoms with Gasteiger partial charge in [0.25, 0.3) is 5.69 Å². The van der Waals surface area contributed by atoms with E-state index in [2.05, 4.69) is 0 Å². The maximum atomic E-state index is 13.0. The van der Waals surface area contributed by atoms with Gasteiger partial charge in [-0.25, -0.2) is 0 Å². The number of carbonyl (C=O) groups excluding carboxylic acids is 2. The molecule has 1 aliphatic heterocycles. The molecule has 1 amide bonds. The van der Waals surface area contributed by atoms with Crippen LogP contribution >= 0.6 is 11.3 Å². The van der Waals surface area contributed by atoms with Gasteiger partial charge in [0, 0.05) is 35.4 Å². The minimum absolute atomic E-state index is 0.0286. The highest BCUT2D eigenvalue weighted by molar-refractivity contribution is 7.10. The molecule has 0 bridgehead atoms. The van der Waals surface area contributed by atoms with E-state index in [1.807, 2.05) is 31.4 Å². The number of esters is 1. The van der Waals surface area contributed by atoms with Crippen LogP contribution in [0.25, 0.3) is 0 Å². The van der Waals surface area contributed by atoms with Crippen molar-refractivity contribution in [2.75, 3.05) is 7.11 Å². The topological polar surface area (TPSA) is 89.7 Å². The van der Waals surface area contributed by atoms with Gasteiger partial charge >= 0.3 is 5.97 Å². The number of methoxy groups -OCH3 is 1. The number of thiophene rings is 1. The fourth-order valence-corrected chi connectivity index (χ4v) is 4.82. The molecule has 148 valence electrons. The molecule has 8 heteroatoms. The molecule has 3 rings (SSSR count). The predicted molar refractivity (Wildman–Crippen MR) is 105 cm³/mol. The quantitative estimate of drug-likeness (QED) is 0.430. The number of nitro groups is 1. The molecule has 0 N–H and O–H groups in total. The van der Waals surface area contributed by atoms with Crippen LogP contribution < -0.4 is 0 Å². The summed E-state index contributed by atoms with van der Waals surface area (Å²) in [5, 5.41) is 12.9. The standard InChI is InChI=1S/C20H22N2O5S/c1-12(2)21-17(23)11-15(13-6-8-14(9-7-13)22(25)26)18(20(24)27-3)19(21)16-5-4-10-28-16/h4-10,12,15,18-19H,11H2,1-3H3/t15-,18+,19-/m1/s1. The molecule has 1 aliphatic rings. The molecule has 28 heavy (non-hydrogen) atoms. The van der Waals surface area contributed by atoms with E-state index in [-0.39, 0.29) is 30.0 Å². The number of hydrogen-bond acceptors (Lipinski definition) is 6. The Morgan fingerprint density at radius 3 is 2.46 bits per heavy atom. The normalized spacial score (nSPS) is 22.4. The van der Waals surface area contributed by atoms with Crippen molar-refractivity contribution in [3.05, 3.63) is 62.3 Å². The van der Waals surface area contributed by atoms with Crippen molar-refractivity contribution in [2.45, 2.75) is 38.3 Å². The van der Waals surface area contributed by atoms with E-state index in [4.69, 9.17) is 4.74 Å². The molecule has 1 aromatic carbocycles. The molecule has 7 nitrogen and oxygen atoms in total. The van der Waals surface area contributed by atoms with Gasteiger partial charge in [-0.3, -0.25) is 19.7 Å². The Morgan fingerprint density at radius 2 is 1.96 bits per heavy atom. The summed E-state index contributed by atoms with van der Waals surface area (Å²) in [5.74, 6) is -1.44. The van der Waals surface area contributed by atoms with Crippen molar-refractivity contribution >= 4 is 28.9 Å². The van der Waals surface area contributed by atoms with Gasteiger partial charge in [-0.15, -0.1) is 11.3 Å². The molecule has 0 spiro atoms. The summed E-state index contributed by atoms with van der Waals surface area (Å²) in [7, 11) is 1.34. The SMILES string of the molecule is COC(=O)[C@H]1[C@@H](c2ccc([N+](=O)[O-])cc2)CC(=O)N(C(C)C)[C@@H]1c1cccs1. The summed E-state index contributed by atoms with van der Waals surface area (Å²) in [5.41, 5.74) is 0.693.